The Labute approximate surface area is 108 Å². The number of carbonyl (C=O) groups is 2. The number of urea groups is 1. The van der Waals surface area contributed by atoms with Crippen molar-refractivity contribution in [1.82, 2.24) is 15.6 Å². The van der Waals surface area contributed by atoms with E-state index >= 15 is 0 Å². The summed E-state index contributed by atoms with van der Waals surface area (Å²) in [7, 11) is 0. The molecule has 0 radical (unpaired) electrons. The van der Waals surface area contributed by atoms with Gasteiger partial charge >= 0.3 is 12.0 Å². The van der Waals surface area contributed by atoms with E-state index in [4.69, 9.17) is 10.2 Å². The predicted octanol–water partition coefficient (Wildman–Crippen LogP) is -0.261. The van der Waals surface area contributed by atoms with E-state index in [1.165, 1.54) is 0 Å². The van der Waals surface area contributed by atoms with E-state index in [2.05, 4.69) is 15.6 Å². The number of nitrogens with zero attached hydrogens (tertiary/aromatic N) is 1. The summed E-state index contributed by atoms with van der Waals surface area (Å²) in [5, 5.41) is 25.0. The minimum atomic E-state index is -1.59. The Morgan fingerprint density at radius 3 is 2.78 bits per heavy atom. The highest BCUT2D eigenvalue weighted by atomic mass is 32.1. The zero-order valence-corrected chi connectivity index (χ0v) is 10.7. The number of aryl methyl sites for hydroxylation is 1. The Morgan fingerprint density at radius 2 is 2.22 bits per heavy atom. The number of carbonyl (C=O) groups excluding carboxylic acids is 1. The molecule has 1 aromatic rings. The zero-order chi connectivity index (χ0) is 13.5. The van der Waals surface area contributed by atoms with Crippen molar-refractivity contribution in [2.24, 2.45) is 0 Å². The van der Waals surface area contributed by atoms with Crippen molar-refractivity contribution in [3.8, 4) is 0 Å². The fourth-order valence-corrected chi connectivity index (χ4v) is 1.81. The normalized spacial score (nSPS) is 11.9. The molecule has 0 bridgehead atoms. The maximum atomic E-state index is 11.2. The number of rotatable bonds is 6. The number of aromatic nitrogens is 1. The first kappa shape index (κ1) is 14.4. The number of aliphatic carboxylic acids is 1. The first-order chi connectivity index (χ1) is 8.49. The van der Waals surface area contributed by atoms with Gasteiger partial charge in [0.1, 0.15) is 0 Å². The number of hydrogen-bond donors (Lipinski definition) is 4. The molecule has 0 aliphatic heterocycles. The molecule has 1 aromatic heterocycles. The van der Waals surface area contributed by atoms with Gasteiger partial charge in [-0.1, -0.05) is 0 Å². The van der Waals surface area contributed by atoms with Crippen LogP contribution in [0.2, 0.25) is 0 Å². The number of aliphatic hydroxyl groups is 1. The van der Waals surface area contributed by atoms with E-state index in [9.17, 15) is 9.59 Å². The quantitative estimate of drug-likeness (QED) is 0.570. The minimum Gasteiger partial charge on any atom is -0.479 e. The highest BCUT2D eigenvalue weighted by Gasteiger charge is 2.13. The molecule has 0 unspecified atom stereocenters. The summed E-state index contributed by atoms with van der Waals surface area (Å²) in [6.07, 6.45) is -0.976. The number of carboxylic acid groups (broad SMARTS) is 1. The Morgan fingerprint density at radius 1 is 1.50 bits per heavy atom. The molecule has 0 fully saturated rings. The van der Waals surface area contributed by atoms with E-state index in [-0.39, 0.29) is 6.54 Å². The molecule has 0 saturated carbocycles. The van der Waals surface area contributed by atoms with Crippen LogP contribution in [0.1, 0.15) is 10.7 Å². The van der Waals surface area contributed by atoms with E-state index in [0.29, 0.717) is 13.0 Å². The average Bonchev–Trinajstić information content (AvgIpc) is 2.71. The van der Waals surface area contributed by atoms with Crippen LogP contribution in [0.3, 0.4) is 0 Å². The molecule has 1 rings (SSSR count). The molecule has 1 atom stereocenters. The fourth-order valence-electron chi connectivity index (χ4n) is 1.17. The van der Waals surface area contributed by atoms with Crippen molar-refractivity contribution in [2.75, 3.05) is 13.1 Å². The molecule has 4 N–H and O–H groups in total. The summed E-state index contributed by atoms with van der Waals surface area (Å²) in [5.74, 6) is -1.37. The molecule has 0 aliphatic carbocycles. The van der Waals surface area contributed by atoms with Gasteiger partial charge in [0.25, 0.3) is 0 Å². The minimum absolute atomic E-state index is 0.322. The molecule has 0 spiro atoms. The summed E-state index contributed by atoms with van der Waals surface area (Å²) >= 11 is 1.54. The fraction of sp³-hybridized carbons (Fsp3) is 0.500. The smallest absolute Gasteiger partial charge is 0.334 e. The van der Waals surface area contributed by atoms with Gasteiger partial charge in [0.2, 0.25) is 0 Å². The number of carboxylic acids is 1. The molecule has 2 amide bonds. The summed E-state index contributed by atoms with van der Waals surface area (Å²) in [6, 6.07) is -0.512. The SMILES string of the molecule is Cc1nc(CCNC(=O)NC[C@H](O)C(=O)O)cs1. The Balaban J connectivity index is 2.15. The van der Waals surface area contributed by atoms with Crippen LogP contribution in [0.4, 0.5) is 4.79 Å². The topological polar surface area (TPSA) is 112 Å². The number of aliphatic hydroxyl groups excluding tert-OH is 1. The molecular formula is C10H15N3O4S. The van der Waals surface area contributed by atoms with Crippen LogP contribution < -0.4 is 10.6 Å². The lowest BCUT2D eigenvalue weighted by Crippen LogP contribution is -2.42. The van der Waals surface area contributed by atoms with Crippen molar-refractivity contribution in [3.05, 3.63) is 16.1 Å². The lowest BCUT2D eigenvalue weighted by Gasteiger charge is -2.08. The predicted molar refractivity (Wildman–Crippen MR) is 65.6 cm³/mol. The average molecular weight is 273 g/mol. The Kier molecular flexibility index (Phi) is 5.53. The number of amides is 2. The first-order valence-corrected chi connectivity index (χ1v) is 6.20. The van der Waals surface area contributed by atoms with Crippen molar-refractivity contribution in [1.29, 1.82) is 0 Å². The van der Waals surface area contributed by atoms with Crippen LogP contribution >= 0.6 is 11.3 Å². The molecule has 1 heterocycles. The molecular weight excluding hydrogens is 258 g/mol. The van der Waals surface area contributed by atoms with Gasteiger partial charge in [0, 0.05) is 18.3 Å². The van der Waals surface area contributed by atoms with Gasteiger partial charge in [-0.3, -0.25) is 0 Å². The highest BCUT2D eigenvalue weighted by Crippen LogP contribution is 2.07. The second-order valence-electron chi connectivity index (χ2n) is 3.60. The van der Waals surface area contributed by atoms with E-state index in [1.54, 1.807) is 11.3 Å². The molecule has 100 valence electrons. The lowest BCUT2D eigenvalue weighted by atomic mass is 10.3. The van der Waals surface area contributed by atoms with E-state index in [1.807, 2.05) is 12.3 Å². The summed E-state index contributed by atoms with van der Waals surface area (Å²) < 4.78 is 0. The second-order valence-corrected chi connectivity index (χ2v) is 4.66. The van der Waals surface area contributed by atoms with Crippen molar-refractivity contribution >= 4 is 23.3 Å². The zero-order valence-electron chi connectivity index (χ0n) is 9.84. The van der Waals surface area contributed by atoms with Gasteiger partial charge in [-0.25, -0.2) is 14.6 Å². The van der Waals surface area contributed by atoms with E-state index < -0.39 is 18.1 Å². The molecule has 7 nitrogen and oxygen atoms in total. The summed E-state index contributed by atoms with van der Waals surface area (Å²) in [5.41, 5.74) is 0.906. The Hall–Kier alpha value is -1.67. The van der Waals surface area contributed by atoms with Crippen LogP contribution in [-0.2, 0) is 11.2 Å². The van der Waals surface area contributed by atoms with Crippen molar-refractivity contribution in [2.45, 2.75) is 19.4 Å². The molecule has 0 aliphatic rings. The van der Waals surface area contributed by atoms with Crippen molar-refractivity contribution < 1.29 is 19.8 Å². The van der Waals surface area contributed by atoms with Crippen LogP contribution in [0.25, 0.3) is 0 Å². The molecule has 0 saturated heterocycles. The van der Waals surface area contributed by atoms with Crippen LogP contribution in [0, 0.1) is 6.92 Å². The Bertz CT molecular complexity index is 421. The lowest BCUT2D eigenvalue weighted by molar-refractivity contribution is -0.146. The number of thiazole rings is 1. The van der Waals surface area contributed by atoms with Gasteiger partial charge in [-0.15, -0.1) is 11.3 Å². The van der Waals surface area contributed by atoms with Crippen LogP contribution in [-0.4, -0.2) is 46.4 Å². The van der Waals surface area contributed by atoms with Crippen LogP contribution in [0.5, 0.6) is 0 Å². The third kappa shape index (κ3) is 5.11. The molecule has 18 heavy (non-hydrogen) atoms. The maximum Gasteiger partial charge on any atom is 0.334 e. The van der Waals surface area contributed by atoms with Crippen LogP contribution in [0.15, 0.2) is 5.38 Å². The highest BCUT2D eigenvalue weighted by molar-refractivity contribution is 7.09. The van der Waals surface area contributed by atoms with Crippen molar-refractivity contribution in [3.63, 3.8) is 0 Å². The molecule has 8 heteroatoms. The van der Waals surface area contributed by atoms with Gasteiger partial charge in [-0.05, 0) is 6.92 Å². The summed E-state index contributed by atoms with van der Waals surface area (Å²) in [4.78, 5) is 25.7. The largest absolute Gasteiger partial charge is 0.479 e. The second kappa shape index (κ2) is 6.92. The maximum absolute atomic E-state index is 11.2. The third-order valence-electron chi connectivity index (χ3n) is 2.07. The van der Waals surface area contributed by atoms with Gasteiger partial charge in [0.05, 0.1) is 17.2 Å². The monoisotopic (exact) mass is 273 g/mol. The van der Waals surface area contributed by atoms with Gasteiger partial charge in [-0.2, -0.15) is 0 Å². The number of hydrogen-bond acceptors (Lipinski definition) is 5. The van der Waals surface area contributed by atoms with Gasteiger partial charge in [0.15, 0.2) is 6.10 Å². The molecule has 0 aromatic carbocycles. The standard InChI is InChI=1S/C10H15N3O4S/c1-6-13-7(5-18-6)2-3-11-10(17)12-4-8(14)9(15)16/h5,8,14H,2-4H2,1H3,(H,15,16)(H2,11,12,17)/t8-/m0/s1. The summed E-state index contributed by atoms with van der Waals surface area (Å²) in [6.45, 7) is 1.98. The first-order valence-electron chi connectivity index (χ1n) is 5.32. The van der Waals surface area contributed by atoms with Gasteiger partial charge < -0.3 is 20.8 Å². The third-order valence-corrected chi connectivity index (χ3v) is 2.90. The van der Waals surface area contributed by atoms with E-state index in [0.717, 1.165) is 10.7 Å². The number of nitrogens with one attached hydrogen (secondary N) is 2.